The van der Waals surface area contributed by atoms with Crippen molar-refractivity contribution in [2.24, 2.45) is 0 Å². The van der Waals surface area contributed by atoms with E-state index in [1.807, 2.05) is 19.1 Å². The van der Waals surface area contributed by atoms with Crippen LogP contribution in [0.1, 0.15) is 18.9 Å². The summed E-state index contributed by atoms with van der Waals surface area (Å²) in [5, 5.41) is 9.61. The molecule has 4 heteroatoms. The van der Waals surface area contributed by atoms with Crippen molar-refractivity contribution >= 4 is 17.6 Å². The molecule has 0 aliphatic rings. The molecule has 3 nitrogen and oxygen atoms in total. The number of carboxylic acids is 1. The lowest BCUT2D eigenvalue weighted by Gasteiger charge is -2.13. The lowest BCUT2D eigenvalue weighted by molar-refractivity contribution is -0.150. The van der Waals surface area contributed by atoms with Gasteiger partial charge in [0.2, 0.25) is 0 Å². The van der Waals surface area contributed by atoms with E-state index in [1.165, 1.54) is 0 Å². The summed E-state index contributed by atoms with van der Waals surface area (Å²) < 4.78 is 5.25. The van der Waals surface area contributed by atoms with Crippen LogP contribution in [0.25, 0.3) is 0 Å². The molecule has 0 aliphatic heterocycles. The number of carbonyl (C=O) groups is 1. The number of halogens is 1. The first-order valence-corrected chi connectivity index (χ1v) is 5.60. The minimum absolute atomic E-state index is 0.368. The largest absolute Gasteiger partial charge is 0.479 e. The minimum Gasteiger partial charge on any atom is -0.479 e. The van der Waals surface area contributed by atoms with Crippen molar-refractivity contribution in [3.8, 4) is 0 Å². The average molecular weight is 243 g/mol. The Morgan fingerprint density at radius 2 is 2.06 bits per heavy atom. The van der Waals surface area contributed by atoms with Crippen LogP contribution >= 0.6 is 11.6 Å². The number of aliphatic carboxylic acids is 1. The SMILES string of the molecule is CCCOC(Cc1ccc(Cl)cc1)C(=O)O. The second-order valence-corrected chi connectivity index (χ2v) is 3.96. The van der Waals surface area contributed by atoms with Crippen molar-refractivity contribution in [3.63, 3.8) is 0 Å². The van der Waals surface area contributed by atoms with Crippen LogP contribution in [0.4, 0.5) is 0 Å². The highest BCUT2D eigenvalue weighted by Gasteiger charge is 2.17. The van der Waals surface area contributed by atoms with Gasteiger partial charge in [-0.15, -0.1) is 0 Å². The maximum Gasteiger partial charge on any atom is 0.333 e. The van der Waals surface area contributed by atoms with Crippen LogP contribution in [0.3, 0.4) is 0 Å². The van der Waals surface area contributed by atoms with Gasteiger partial charge in [-0.1, -0.05) is 30.7 Å². The number of hydrogen-bond donors (Lipinski definition) is 1. The van der Waals surface area contributed by atoms with Crippen molar-refractivity contribution in [1.29, 1.82) is 0 Å². The Morgan fingerprint density at radius 1 is 1.44 bits per heavy atom. The van der Waals surface area contributed by atoms with E-state index in [0.717, 1.165) is 12.0 Å². The Labute approximate surface area is 100.0 Å². The fourth-order valence-corrected chi connectivity index (χ4v) is 1.44. The van der Waals surface area contributed by atoms with Gasteiger partial charge in [0, 0.05) is 18.1 Å². The number of hydrogen-bond acceptors (Lipinski definition) is 2. The second-order valence-electron chi connectivity index (χ2n) is 3.53. The third-order valence-electron chi connectivity index (χ3n) is 2.13. The highest BCUT2D eigenvalue weighted by atomic mass is 35.5. The monoisotopic (exact) mass is 242 g/mol. The first-order chi connectivity index (χ1) is 7.63. The first kappa shape index (κ1) is 13.0. The van der Waals surface area contributed by atoms with Crippen molar-refractivity contribution in [1.82, 2.24) is 0 Å². The summed E-state index contributed by atoms with van der Waals surface area (Å²) in [7, 11) is 0. The zero-order chi connectivity index (χ0) is 12.0. The average Bonchev–Trinajstić information content (AvgIpc) is 2.26. The van der Waals surface area contributed by atoms with Gasteiger partial charge < -0.3 is 9.84 Å². The Morgan fingerprint density at radius 3 is 2.56 bits per heavy atom. The third-order valence-corrected chi connectivity index (χ3v) is 2.38. The molecule has 1 N–H and O–H groups in total. The van der Waals surface area contributed by atoms with Gasteiger partial charge in [0.15, 0.2) is 6.10 Å². The van der Waals surface area contributed by atoms with Crippen LogP contribution in [-0.4, -0.2) is 23.8 Å². The Kier molecular flexibility index (Phi) is 5.29. The molecule has 1 atom stereocenters. The second kappa shape index (κ2) is 6.51. The zero-order valence-corrected chi connectivity index (χ0v) is 9.91. The fraction of sp³-hybridized carbons (Fsp3) is 0.417. The van der Waals surface area contributed by atoms with Crippen LogP contribution in [0.15, 0.2) is 24.3 Å². The summed E-state index contributed by atoms with van der Waals surface area (Å²) in [4.78, 5) is 10.9. The highest BCUT2D eigenvalue weighted by molar-refractivity contribution is 6.30. The molecule has 0 saturated carbocycles. The van der Waals surface area contributed by atoms with Crippen molar-refractivity contribution in [2.75, 3.05) is 6.61 Å². The molecule has 0 fully saturated rings. The fourth-order valence-electron chi connectivity index (χ4n) is 1.31. The quantitative estimate of drug-likeness (QED) is 0.834. The van der Waals surface area contributed by atoms with Crippen molar-refractivity contribution in [3.05, 3.63) is 34.9 Å². The van der Waals surface area contributed by atoms with E-state index in [2.05, 4.69) is 0 Å². The molecule has 0 aliphatic carbocycles. The van der Waals surface area contributed by atoms with Gasteiger partial charge >= 0.3 is 5.97 Å². The van der Waals surface area contributed by atoms with Crippen LogP contribution in [0.5, 0.6) is 0 Å². The Hall–Kier alpha value is -1.06. The van der Waals surface area contributed by atoms with Crippen molar-refractivity contribution in [2.45, 2.75) is 25.9 Å². The van der Waals surface area contributed by atoms with E-state index < -0.39 is 12.1 Å². The Balaban J connectivity index is 2.60. The van der Waals surface area contributed by atoms with Crippen LogP contribution in [0, 0.1) is 0 Å². The number of rotatable bonds is 6. The molecule has 1 aromatic rings. The van der Waals surface area contributed by atoms with Gasteiger partial charge in [0.25, 0.3) is 0 Å². The molecule has 1 unspecified atom stereocenters. The summed E-state index contributed by atoms with van der Waals surface area (Å²) in [6, 6.07) is 7.12. The molecule has 16 heavy (non-hydrogen) atoms. The molecule has 0 spiro atoms. The molecule has 0 radical (unpaired) electrons. The summed E-state index contributed by atoms with van der Waals surface area (Å²) in [5.41, 5.74) is 0.910. The number of benzene rings is 1. The van der Waals surface area contributed by atoms with Gasteiger partial charge in [-0.25, -0.2) is 4.79 Å². The maximum absolute atomic E-state index is 10.9. The molecular formula is C12H15ClO3. The lowest BCUT2D eigenvalue weighted by Crippen LogP contribution is -2.26. The zero-order valence-electron chi connectivity index (χ0n) is 9.15. The molecule has 88 valence electrons. The predicted molar refractivity (Wildman–Crippen MR) is 62.8 cm³/mol. The number of carboxylic acid groups (broad SMARTS) is 1. The van der Waals surface area contributed by atoms with Crippen LogP contribution < -0.4 is 0 Å². The summed E-state index contributed by atoms with van der Waals surface area (Å²) in [6.07, 6.45) is 0.401. The molecule has 0 saturated heterocycles. The van der Waals surface area contributed by atoms with Gasteiger partial charge in [0.1, 0.15) is 0 Å². The maximum atomic E-state index is 10.9. The summed E-state index contributed by atoms with van der Waals surface area (Å²) in [6.45, 7) is 2.41. The summed E-state index contributed by atoms with van der Waals surface area (Å²) >= 11 is 5.75. The van der Waals surface area contributed by atoms with Gasteiger partial charge in [-0.2, -0.15) is 0 Å². The molecular weight excluding hydrogens is 228 g/mol. The third kappa shape index (κ3) is 4.21. The minimum atomic E-state index is -0.927. The molecule has 0 bridgehead atoms. The molecule has 0 aromatic heterocycles. The van der Waals surface area contributed by atoms with Gasteiger partial charge in [-0.05, 0) is 24.1 Å². The van der Waals surface area contributed by atoms with E-state index in [-0.39, 0.29) is 0 Å². The number of ether oxygens (including phenoxy) is 1. The molecule has 1 aromatic carbocycles. The lowest BCUT2D eigenvalue weighted by atomic mass is 10.1. The van der Waals surface area contributed by atoms with Gasteiger partial charge in [-0.3, -0.25) is 0 Å². The van der Waals surface area contributed by atoms with E-state index in [4.69, 9.17) is 21.4 Å². The highest BCUT2D eigenvalue weighted by Crippen LogP contribution is 2.12. The predicted octanol–water partition coefficient (Wildman–Crippen LogP) is 2.76. The van der Waals surface area contributed by atoms with Crippen LogP contribution in [-0.2, 0) is 16.0 Å². The molecule has 0 amide bonds. The van der Waals surface area contributed by atoms with E-state index >= 15 is 0 Å². The van der Waals surface area contributed by atoms with Gasteiger partial charge in [0.05, 0.1) is 0 Å². The van der Waals surface area contributed by atoms with E-state index in [9.17, 15) is 4.79 Å². The van der Waals surface area contributed by atoms with Crippen molar-refractivity contribution < 1.29 is 14.6 Å². The molecule has 0 heterocycles. The smallest absolute Gasteiger partial charge is 0.333 e. The van der Waals surface area contributed by atoms with E-state index in [1.54, 1.807) is 12.1 Å². The van der Waals surface area contributed by atoms with E-state index in [0.29, 0.717) is 18.1 Å². The molecule has 1 rings (SSSR count). The topological polar surface area (TPSA) is 46.5 Å². The first-order valence-electron chi connectivity index (χ1n) is 5.22. The summed E-state index contributed by atoms with van der Waals surface area (Å²) in [5.74, 6) is -0.927. The normalized spacial score (nSPS) is 12.4. The van der Waals surface area contributed by atoms with Crippen LogP contribution in [0.2, 0.25) is 5.02 Å². The Bertz CT molecular complexity index is 335. The standard InChI is InChI=1S/C12H15ClO3/c1-2-7-16-11(12(14)15)8-9-3-5-10(13)6-4-9/h3-6,11H,2,7-8H2,1H3,(H,14,15).